The number of nitrogens with one attached hydrogen (secondary N) is 2. The monoisotopic (exact) mass is 392 g/mol. The summed E-state index contributed by atoms with van der Waals surface area (Å²) < 4.78 is 66.2. The van der Waals surface area contributed by atoms with Crippen LogP contribution in [0.4, 0.5) is 39.0 Å². The van der Waals surface area contributed by atoms with E-state index in [1.165, 1.54) is 5.43 Å². The van der Waals surface area contributed by atoms with Gasteiger partial charge in [0.2, 0.25) is 5.82 Å². The quantitative estimate of drug-likeness (QED) is 0.265. The Bertz CT molecular complexity index is 955. The molecule has 0 aromatic heterocycles. The smallest absolute Gasteiger partial charge is 0.292 e. The van der Waals surface area contributed by atoms with Gasteiger partial charge in [-0.3, -0.25) is 35.9 Å². The summed E-state index contributed by atoms with van der Waals surface area (Å²) >= 11 is 0. The predicted molar refractivity (Wildman–Crippen MR) is 77.1 cm³/mol. The molecule has 0 saturated carbocycles. The van der Waals surface area contributed by atoms with Gasteiger partial charge in [0.1, 0.15) is 11.3 Å². The van der Waals surface area contributed by atoms with E-state index in [9.17, 15) is 47.0 Å². The van der Waals surface area contributed by atoms with Crippen LogP contribution in [0.3, 0.4) is 0 Å². The van der Waals surface area contributed by atoms with Crippen molar-refractivity contribution in [3.63, 3.8) is 0 Å². The first-order chi connectivity index (χ1) is 12.6. The second-order valence-electron chi connectivity index (χ2n) is 4.74. The number of anilines is 1. The number of amides is 1. The first kappa shape index (κ1) is 19.5. The molecule has 0 atom stereocenters. The van der Waals surface area contributed by atoms with Crippen LogP contribution in [0.15, 0.2) is 18.2 Å². The third-order valence-electron chi connectivity index (χ3n) is 3.14. The van der Waals surface area contributed by atoms with Crippen LogP contribution in [-0.2, 0) is 0 Å². The van der Waals surface area contributed by atoms with Gasteiger partial charge in [-0.15, -0.1) is 0 Å². The van der Waals surface area contributed by atoms with E-state index < -0.39 is 67.5 Å². The highest BCUT2D eigenvalue weighted by Gasteiger charge is 2.30. The molecule has 0 aliphatic carbocycles. The SMILES string of the molecule is O=C(NNc1ccc([N+](=O)[O-])cc1[N+](=O)[O-])c1c(F)c(F)c(F)c(F)c1F. The molecule has 14 heteroatoms. The third-order valence-corrected chi connectivity index (χ3v) is 3.14. The van der Waals surface area contributed by atoms with Crippen LogP contribution < -0.4 is 10.9 Å². The largest absolute Gasteiger partial charge is 0.300 e. The molecule has 2 aromatic carbocycles. The zero-order chi connectivity index (χ0) is 20.5. The molecule has 2 aromatic rings. The molecule has 0 bridgehead atoms. The summed E-state index contributed by atoms with van der Waals surface area (Å²) in [6, 6.07) is 2.11. The van der Waals surface area contributed by atoms with Gasteiger partial charge >= 0.3 is 5.69 Å². The van der Waals surface area contributed by atoms with E-state index in [2.05, 4.69) is 0 Å². The number of benzene rings is 2. The number of non-ortho nitro benzene ring substituents is 1. The van der Waals surface area contributed by atoms with Crippen molar-refractivity contribution in [2.24, 2.45) is 0 Å². The van der Waals surface area contributed by atoms with Crippen molar-refractivity contribution in [2.45, 2.75) is 0 Å². The highest BCUT2D eigenvalue weighted by molar-refractivity contribution is 5.95. The van der Waals surface area contributed by atoms with E-state index in [0.717, 1.165) is 12.1 Å². The predicted octanol–water partition coefficient (Wildman–Crippen LogP) is 2.96. The molecule has 0 saturated heterocycles. The van der Waals surface area contributed by atoms with E-state index in [1.54, 1.807) is 0 Å². The van der Waals surface area contributed by atoms with Crippen molar-refractivity contribution < 1.29 is 36.6 Å². The lowest BCUT2D eigenvalue weighted by Gasteiger charge is -2.11. The van der Waals surface area contributed by atoms with Crippen LogP contribution in [-0.4, -0.2) is 15.8 Å². The minimum atomic E-state index is -2.47. The molecule has 27 heavy (non-hydrogen) atoms. The van der Waals surface area contributed by atoms with Gasteiger partial charge in [-0.05, 0) is 6.07 Å². The molecule has 0 fully saturated rings. The minimum absolute atomic E-state index is 0.521. The van der Waals surface area contributed by atoms with Gasteiger partial charge in [0, 0.05) is 6.07 Å². The van der Waals surface area contributed by atoms with Crippen molar-refractivity contribution in [1.82, 2.24) is 5.43 Å². The van der Waals surface area contributed by atoms with Crippen molar-refractivity contribution >= 4 is 23.0 Å². The number of carbonyl (C=O) groups excluding carboxylic acids is 1. The summed E-state index contributed by atoms with van der Waals surface area (Å²) in [6.45, 7) is 0. The fraction of sp³-hybridized carbons (Fsp3) is 0. The van der Waals surface area contributed by atoms with Crippen LogP contribution in [0.2, 0.25) is 0 Å². The zero-order valence-electron chi connectivity index (χ0n) is 12.6. The molecule has 0 heterocycles. The first-order valence-corrected chi connectivity index (χ1v) is 6.56. The molecular weight excluding hydrogens is 387 g/mol. The molecule has 0 spiro atoms. The molecule has 0 aliphatic rings. The second kappa shape index (κ2) is 7.19. The average molecular weight is 392 g/mol. The number of nitro groups is 2. The van der Waals surface area contributed by atoms with E-state index in [4.69, 9.17) is 0 Å². The van der Waals surface area contributed by atoms with Gasteiger partial charge in [0.15, 0.2) is 23.3 Å². The minimum Gasteiger partial charge on any atom is -0.292 e. The van der Waals surface area contributed by atoms with E-state index in [0.29, 0.717) is 6.07 Å². The van der Waals surface area contributed by atoms with Crippen LogP contribution in [0, 0.1) is 49.3 Å². The topological polar surface area (TPSA) is 127 Å². The summed E-state index contributed by atoms with van der Waals surface area (Å²) in [5.41, 5.74) is -0.605. The first-order valence-electron chi connectivity index (χ1n) is 6.56. The van der Waals surface area contributed by atoms with Crippen molar-refractivity contribution in [1.29, 1.82) is 0 Å². The summed E-state index contributed by atoms with van der Waals surface area (Å²) in [4.78, 5) is 31.3. The maximum absolute atomic E-state index is 13.5. The molecule has 0 unspecified atom stereocenters. The Balaban J connectivity index is 2.34. The van der Waals surface area contributed by atoms with Crippen molar-refractivity contribution in [3.8, 4) is 0 Å². The number of rotatable bonds is 5. The molecular formula is C13H5F5N4O5. The highest BCUT2D eigenvalue weighted by atomic mass is 19.2. The molecule has 142 valence electrons. The van der Waals surface area contributed by atoms with Crippen molar-refractivity contribution in [2.75, 3.05) is 5.43 Å². The molecule has 2 rings (SSSR count). The molecule has 0 aliphatic heterocycles. The summed E-state index contributed by atoms with van der Waals surface area (Å²) in [5, 5.41) is 21.5. The van der Waals surface area contributed by atoms with Gasteiger partial charge in [0.05, 0.1) is 15.9 Å². The van der Waals surface area contributed by atoms with Gasteiger partial charge in [-0.2, -0.15) is 0 Å². The molecule has 1 amide bonds. The average Bonchev–Trinajstić information content (AvgIpc) is 2.62. The van der Waals surface area contributed by atoms with Crippen LogP contribution in [0.25, 0.3) is 0 Å². The Hall–Kier alpha value is -3.84. The summed E-state index contributed by atoms with van der Waals surface area (Å²) in [7, 11) is 0. The normalized spacial score (nSPS) is 10.4. The number of hydrazine groups is 1. The lowest BCUT2D eigenvalue weighted by atomic mass is 10.1. The van der Waals surface area contributed by atoms with Gasteiger partial charge < -0.3 is 0 Å². The number of nitrogens with zero attached hydrogens (tertiary/aromatic N) is 2. The molecule has 2 N–H and O–H groups in total. The van der Waals surface area contributed by atoms with Crippen LogP contribution in [0.5, 0.6) is 0 Å². The molecule has 9 nitrogen and oxygen atoms in total. The van der Waals surface area contributed by atoms with Gasteiger partial charge in [0.25, 0.3) is 11.6 Å². The Morgan fingerprint density at radius 1 is 0.852 bits per heavy atom. The van der Waals surface area contributed by atoms with Crippen molar-refractivity contribution in [3.05, 3.63) is 73.1 Å². The Morgan fingerprint density at radius 3 is 1.85 bits per heavy atom. The lowest BCUT2D eigenvalue weighted by Crippen LogP contribution is -2.32. The van der Waals surface area contributed by atoms with E-state index in [-0.39, 0.29) is 0 Å². The number of carbonyl (C=O) groups is 1. The third kappa shape index (κ3) is 3.58. The number of hydrogen-bond donors (Lipinski definition) is 2. The van der Waals surface area contributed by atoms with Gasteiger partial charge in [-0.25, -0.2) is 22.0 Å². The number of hydrogen-bond acceptors (Lipinski definition) is 6. The van der Waals surface area contributed by atoms with Crippen LogP contribution in [0.1, 0.15) is 10.4 Å². The van der Waals surface area contributed by atoms with Gasteiger partial charge in [-0.1, -0.05) is 0 Å². The Kier molecular flexibility index (Phi) is 5.19. The summed E-state index contributed by atoms with van der Waals surface area (Å²) in [5.74, 6) is -13.9. The lowest BCUT2D eigenvalue weighted by molar-refractivity contribution is -0.393. The highest BCUT2D eigenvalue weighted by Crippen LogP contribution is 2.28. The fourth-order valence-electron chi connectivity index (χ4n) is 1.88. The van der Waals surface area contributed by atoms with E-state index in [1.807, 2.05) is 5.43 Å². The molecule has 0 radical (unpaired) electrons. The standard InChI is InChI=1S/C13H5F5N4O5/c14-8-7(9(15)11(17)12(18)10(8)16)13(23)20-19-5-2-1-4(21(24)25)3-6(5)22(26)27/h1-3,19H,(H,20,23). The fourth-order valence-corrected chi connectivity index (χ4v) is 1.88. The number of nitro benzene ring substituents is 2. The van der Waals surface area contributed by atoms with Crippen LogP contribution >= 0.6 is 0 Å². The summed E-state index contributed by atoms with van der Waals surface area (Å²) in [6.07, 6.45) is 0. The Labute approximate surface area is 144 Å². The Morgan fingerprint density at radius 2 is 1.37 bits per heavy atom. The maximum atomic E-state index is 13.5. The number of halogens is 5. The zero-order valence-corrected chi connectivity index (χ0v) is 12.6. The second-order valence-corrected chi connectivity index (χ2v) is 4.74. The van der Waals surface area contributed by atoms with E-state index >= 15 is 0 Å². The maximum Gasteiger partial charge on any atom is 0.300 e.